The molecule has 0 radical (unpaired) electrons. The Morgan fingerprint density at radius 2 is 1.71 bits per heavy atom. The lowest BCUT2D eigenvalue weighted by Gasteiger charge is -2.24. The lowest BCUT2D eigenvalue weighted by molar-refractivity contribution is 0.0635. The Hall–Kier alpha value is -2.93. The number of ether oxygens (including phenoxy) is 1. The van der Waals surface area contributed by atoms with Crippen molar-refractivity contribution >= 4 is 23.4 Å². The van der Waals surface area contributed by atoms with Crippen LogP contribution in [0, 0.1) is 5.82 Å². The van der Waals surface area contributed by atoms with Crippen LogP contribution in [-0.2, 0) is 11.3 Å². The molecule has 168 valence electrons. The Morgan fingerprint density at radius 1 is 1.06 bits per heavy atom. The van der Waals surface area contributed by atoms with E-state index in [4.69, 9.17) is 4.74 Å². The molecule has 6 nitrogen and oxygen atoms in total. The first-order valence-corrected chi connectivity index (χ1v) is 10.4. The van der Waals surface area contributed by atoms with Crippen LogP contribution in [0.1, 0.15) is 57.5 Å². The minimum Gasteiger partial charge on any atom is -0.444 e. The van der Waals surface area contributed by atoms with Crippen molar-refractivity contribution in [1.29, 1.82) is 0 Å². The highest BCUT2D eigenvalue weighted by molar-refractivity contribution is 6.04. The van der Waals surface area contributed by atoms with E-state index in [0.717, 1.165) is 18.7 Å². The minimum atomic E-state index is -0.770. The van der Waals surface area contributed by atoms with E-state index in [1.165, 1.54) is 18.2 Å². The van der Waals surface area contributed by atoms with Crippen LogP contribution in [0.25, 0.3) is 0 Å². The maximum Gasteiger partial charge on any atom is 0.412 e. The molecule has 0 aliphatic rings. The van der Waals surface area contributed by atoms with Gasteiger partial charge in [0.15, 0.2) is 0 Å². The Morgan fingerprint density at radius 3 is 2.26 bits per heavy atom. The highest BCUT2D eigenvalue weighted by Gasteiger charge is 2.18. The average Bonchev–Trinajstić information content (AvgIpc) is 2.67. The molecule has 2 N–H and O–H groups in total. The lowest BCUT2D eigenvalue weighted by atomic mass is 10.1. The van der Waals surface area contributed by atoms with Gasteiger partial charge in [0.2, 0.25) is 0 Å². The van der Waals surface area contributed by atoms with Crippen molar-refractivity contribution in [1.82, 2.24) is 4.90 Å². The molecule has 0 unspecified atom stereocenters. The van der Waals surface area contributed by atoms with E-state index in [0.29, 0.717) is 17.3 Å². The molecule has 0 atom stereocenters. The Bertz CT molecular complexity index is 905. The zero-order valence-electron chi connectivity index (χ0n) is 19.1. The molecule has 2 amide bonds. The fourth-order valence-corrected chi connectivity index (χ4v) is 2.97. The van der Waals surface area contributed by atoms with E-state index in [9.17, 15) is 14.0 Å². The molecule has 2 aromatic rings. The SMILES string of the molecule is CCN(Cc1ccc(C(=O)Nc2ccc(F)c(NC(=O)OC(C)(C)C)c2)cc1)C(C)C. The van der Waals surface area contributed by atoms with Crippen LogP contribution in [0.5, 0.6) is 0 Å². The van der Waals surface area contributed by atoms with Gasteiger partial charge in [0.1, 0.15) is 11.4 Å². The number of hydrogen-bond donors (Lipinski definition) is 2. The first-order valence-electron chi connectivity index (χ1n) is 10.4. The Labute approximate surface area is 183 Å². The van der Waals surface area contributed by atoms with Crippen molar-refractivity contribution in [2.45, 2.75) is 59.7 Å². The molecule has 0 aliphatic heterocycles. The zero-order chi connectivity index (χ0) is 23.2. The van der Waals surface area contributed by atoms with Crippen molar-refractivity contribution in [3.05, 3.63) is 59.4 Å². The summed E-state index contributed by atoms with van der Waals surface area (Å²) in [5.74, 6) is -0.948. The number of halogens is 1. The third-order valence-electron chi connectivity index (χ3n) is 4.60. The van der Waals surface area contributed by atoms with Crippen molar-refractivity contribution in [2.24, 2.45) is 0 Å². The van der Waals surface area contributed by atoms with Gasteiger partial charge in [-0.05, 0) is 77.1 Å². The van der Waals surface area contributed by atoms with Crippen LogP contribution in [0.2, 0.25) is 0 Å². The fraction of sp³-hybridized carbons (Fsp3) is 0.417. The topological polar surface area (TPSA) is 70.7 Å². The highest BCUT2D eigenvalue weighted by Crippen LogP contribution is 2.21. The summed E-state index contributed by atoms with van der Waals surface area (Å²) in [4.78, 5) is 26.8. The fourth-order valence-electron chi connectivity index (χ4n) is 2.97. The predicted molar refractivity (Wildman–Crippen MR) is 122 cm³/mol. The summed E-state index contributed by atoms with van der Waals surface area (Å²) in [6, 6.07) is 11.8. The number of carbonyl (C=O) groups is 2. The summed E-state index contributed by atoms with van der Waals surface area (Å²) in [7, 11) is 0. The van der Waals surface area contributed by atoms with Gasteiger partial charge in [0, 0.05) is 23.8 Å². The van der Waals surface area contributed by atoms with Crippen molar-refractivity contribution in [3.63, 3.8) is 0 Å². The highest BCUT2D eigenvalue weighted by atomic mass is 19.1. The Kier molecular flexibility index (Phi) is 8.16. The van der Waals surface area contributed by atoms with Crippen LogP contribution in [0.4, 0.5) is 20.6 Å². The molecule has 0 aromatic heterocycles. The molecule has 0 heterocycles. The second kappa shape index (κ2) is 10.4. The summed E-state index contributed by atoms with van der Waals surface area (Å²) >= 11 is 0. The van der Waals surface area contributed by atoms with Crippen LogP contribution in [0.15, 0.2) is 42.5 Å². The number of amides is 2. The number of anilines is 2. The summed E-state index contributed by atoms with van der Waals surface area (Å²) in [6.07, 6.45) is -0.770. The summed E-state index contributed by atoms with van der Waals surface area (Å²) in [5.41, 5.74) is 1.19. The van der Waals surface area contributed by atoms with Gasteiger partial charge >= 0.3 is 6.09 Å². The third-order valence-corrected chi connectivity index (χ3v) is 4.60. The summed E-state index contributed by atoms with van der Waals surface area (Å²) < 4.78 is 19.2. The molecule has 31 heavy (non-hydrogen) atoms. The molecule has 0 spiro atoms. The lowest BCUT2D eigenvalue weighted by Crippen LogP contribution is -2.29. The average molecular weight is 430 g/mol. The van der Waals surface area contributed by atoms with Gasteiger partial charge in [-0.2, -0.15) is 0 Å². The predicted octanol–water partition coefficient (Wildman–Crippen LogP) is 5.66. The molecular formula is C24H32FN3O3. The zero-order valence-corrected chi connectivity index (χ0v) is 19.1. The molecule has 0 saturated heterocycles. The summed E-state index contributed by atoms with van der Waals surface area (Å²) in [5, 5.41) is 5.10. The maximum atomic E-state index is 14.1. The quantitative estimate of drug-likeness (QED) is 0.596. The van der Waals surface area contributed by atoms with E-state index in [1.807, 2.05) is 12.1 Å². The van der Waals surface area contributed by atoms with Gasteiger partial charge in [0.25, 0.3) is 5.91 Å². The first kappa shape index (κ1) is 24.3. The molecular weight excluding hydrogens is 397 g/mol. The van der Waals surface area contributed by atoms with Gasteiger partial charge in [-0.3, -0.25) is 15.0 Å². The van der Waals surface area contributed by atoms with E-state index >= 15 is 0 Å². The van der Waals surface area contributed by atoms with E-state index in [1.54, 1.807) is 32.9 Å². The Balaban J connectivity index is 2.05. The monoisotopic (exact) mass is 429 g/mol. The van der Waals surface area contributed by atoms with Crippen LogP contribution in [0.3, 0.4) is 0 Å². The normalized spacial score (nSPS) is 11.5. The number of nitrogens with zero attached hydrogens (tertiary/aromatic N) is 1. The van der Waals surface area contributed by atoms with Crippen molar-refractivity contribution in [2.75, 3.05) is 17.2 Å². The molecule has 0 fully saturated rings. The first-order chi connectivity index (χ1) is 14.5. The molecule has 2 rings (SSSR count). The van der Waals surface area contributed by atoms with Crippen LogP contribution < -0.4 is 10.6 Å². The van der Waals surface area contributed by atoms with Gasteiger partial charge in [0.05, 0.1) is 5.69 Å². The number of rotatable bonds is 7. The van der Waals surface area contributed by atoms with Crippen molar-refractivity contribution < 1.29 is 18.7 Å². The molecule has 7 heteroatoms. The third kappa shape index (κ3) is 7.68. The van der Waals surface area contributed by atoms with Crippen LogP contribution >= 0.6 is 0 Å². The van der Waals surface area contributed by atoms with E-state index in [2.05, 4.69) is 36.3 Å². The number of carbonyl (C=O) groups excluding carboxylic acids is 2. The second-order valence-corrected chi connectivity index (χ2v) is 8.63. The van der Waals surface area contributed by atoms with E-state index in [-0.39, 0.29) is 11.6 Å². The number of hydrogen-bond acceptors (Lipinski definition) is 4. The van der Waals surface area contributed by atoms with Gasteiger partial charge in [-0.1, -0.05) is 19.1 Å². The second-order valence-electron chi connectivity index (χ2n) is 8.63. The smallest absolute Gasteiger partial charge is 0.412 e. The molecule has 0 aliphatic carbocycles. The van der Waals surface area contributed by atoms with Gasteiger partial charge < -0.3 is 10.1 Å². The molecule has 0 bridgehead atoms. The standard InChI is InChI=1S/C24H32FN3O3/c1-7-28(16(2)3)15-17-8-10-18(11-9-17)22(29)26-19-12-13-20(25)21(14-19)27-23(30)31-24(4,5)6/h8-14,16H,7,15H2,1-6H3,(H,26,29)(H,27,30). The summed E-state index contributed by atoms with van der Waals surface area (Å²) in [6.45, 7) is 13.3. The largest absolute Gasteiger partial charge is 0.444 e. The minimum absolute atomic E-state index is 0.0734. The van der Waals surface area contributed by atoms with Gasteiger partial charge in [-0.25, -0.2) is 9.18 Å². The molecule has 2 aromatic carbocycles. The molecule has 0 saturated carbocycles. The van der Waals surface area contributed by atoms with Crippen LogP contribution in [-0.4, -0.2) is 35.1 Å². The number of benzene rings is 2. The van der Waals surface area contributed by atoms with E-state index < -0.39 is 17.5 Å². The van der Waals surface area contributed by atoms with Crippen molar-refractivity contribution in [3.8, 4) is 0 Å². The van der Waals surface area contributed by atoms with Gasteiger partial charge in [-0.15, -0.1) is 0 Å². The maximum absolute atomic E-state index is 14.1. The number of nitrogens with one attached hydrogen (secondary N) is 2.